The molecule has 1 aromatic rings. The second-order valence-electron chi connectivity index (χ2n) is 4.94. The molecule has 1 fully saturated rings. The number of carbonyl (C=O) groups excluding carboxylic acids is 1. The van der Waals surface area contributed by atoms with Gasteiger partial charge in [-0.25, -0.2) is 0 Å². The molecular weight excluding hydrogens is 200 g/mol. The lowest BCUT2D eigenvalue weighted by molar-refractivity contribution is 0.0870. The predicted molar refractivity (Wildman–Crippen MR) is 63.5 cm³/mol. The molecule has 0 radical (unpaired) electrons. The molecule has 1 saturated carbocycles. The first-order valence-electron chi connectivity index (χ1n) is 6.30. The van der Waals surface area contributed by atoms with E-state index in [2.05, 4.69) is 6.92 Å². The van der Waals surface area contributed by atoms with Crippen molar-refractivity contribution in [2.45, 2.75) is 46.0 Å². The largest absolute Gasteiger partial charge is 0.469 e. The van der Waals surface area contributed by atoms with Gasteiger partial charge in [0.25, 0.3) is 0 Å². The third-order valence-corrected chi connectivity index (χ3v) is 3.81. The van der Waals surface area contributed by atoms with E-state index in [1.165, 1.54) is 19.3 Å². The lowest BCUT2D eigenvalue weighted by atomic mass is 9.78. The number of ketones is 1. The van der Waals surface area contributed by atoms with Gasteiger partial charge in [0.05, 0.1) is 5.56 Å². The summed E-state index contributed by atoms with van der Waals surface area (Å²) < 4.78 is 5.20. The number of furan rings is 1. The van der Waals surface area contributed by atoms with E-state index in [4.69, 9.17) is 4.42 Å². The van der Waals surface area contributed by atoms with E-state index in [9.17, 15) is 4.79 Å². The highest BCUT2D eigenvalue weighted by molar-refractivity contribution is 5.97. The predicted octanol–water partition coefficient (Wildman–Crippen LogP) is 3.99. The van der Waals surface area contributed by atoms with E-state index in [1.807, 2.05) is 13.0 Å². The van der Waals surface area contributed by atoms with Crippen LogP contribution in [0.5, 0.6) is 0 Å². The lowest BCUT2D eigenvalue weighted by Crippen LogP contribution is -2.21. The molecule has 0 atom stereocenters. The first kappa shape index (κ1) is 11.4. The molecule has 1 aliphatic carbocycles. The summed E-state index contributed by atoms with van der Waals surface area (Å²) in [4.78, 5) is 12.1. The Bertz CT molecular complexity index is 357. The van der Waals surface area contributed by atoms with Crippen molar-refractivity contribution in [3.05, 3.63) is 23.7 Å². The number of hydrogen-bond acceptors (Lipinski definition) is 2. The van der Waals surface area contributed by atoms with Crippen LogP contribution >= 0.6 is 0 Å². The lowest BCUT2D eigenvalue weighted by Gasteiger charge is -2.26. The van der Waals surface area contributed by atoms with Gasteiger partial charge in [-0.15, -0.1) is 0 Å². The van der Waals surface area contributed by atoms with E-state index >= 15 is 0 Å². The Labute approximate surface area is 97.0 Å². The Morgan fingerprint density at radius 3 is 2.56 bits per heavy atom. The summed E-state index contributed by atoms with van der Waals surface area (Å²) in [7, 11) is 0. The summed E-state index contributed by atoms with van der Waals surface area (Å²) in [6.45, 7) is 4.12. The van der Waals surface area contributed by atoms with Gasteiger partial charge >= 0.3 is 0 Å². The second kappa shape index (κ2) is 4.86. The van der Waals surface area contributed by atoms with Crippen LogP contribution in [0.4, 0.5) is 0 Å². The fraction of sp³-hybridized carbons (Fsp3) is 0.643. The van der Waals surface area contributed by atoms with Crippen molar-refractivity contribution in [3.63, 3.8) is 0 Å². The SMILES string of the molecule is CCC1CCC(C(=O)c2coc(C)c2)CC1. The van der Waals surface area contributed by atoms with E-state index in [1.54, 1.807) is 6.26 Å². The molecule has 0 aromatic carbocycles. The van der Waals surface area contributed by atoms with Crippen LogP contribution < -0.4 is 0 Å². The van der Waals surface area contributed by atoms with E-state index in [-0.39, 0.29) is 11.7 Å². The number of Topliss-reactive ketones (excluding diaryl/α,β-unsaturated/α-hetero) is 1. The average molecular weight is 220 g/mol. The van der Waals surface area contributed by atoms with Crippen molar-refractivity contribution in [2.75, 3.05) is 0 Å². The van der Waals surface area contributed by atoms with Crippen molar-refractivity contribution in [2.24, 2.45) is 11.8 Å². The van der Waals surface area contributed by atoms with E-state index < -0.39 is 0 Å². The average Bonchev–Trinajstić information content (AvgIpc) is 2.75. The molecular formula is C14H20O2. The molecule has 2 rings (SSSR count). The maximum atomic E-state index is 12.1. The molecule has 0 aliphatic heterocycles. The number of carbonyl (C=O) groups is 1. The minimum absolute atomic E-state index is 0.236. The molecule has 0 unspecified atom stereocenters. The minimum Gasteiger partial charge on any atom is -0.469 e. The zero-order chi connectivity index (χ0) is 11.5. The monoisotopic (exact) mass is 220 g/mol. The Morgan fingerprint density at radius 2 is 2.06 bits per heavy atom. The minimum atomic E-state index is 0.236. The molecule has 0 amide bonds. The molecule has 2 heteroatoms. The van der Waals surface area contributed by atoms with Crippen LogP contribution in [0.1, 0.15) is 55.1 Å². The molecule has 0 saturated heterocycles. The Balaban J connectivity index is 1.96. The summed E-state index contributed by atoms with van der Waals surface area (Å²) in [5.74, 6) is 2.19. The normalized spacial score (nSPS) is 25.6. The van der Waals surface area contributed by atoms with Crippen LogP contribution in [0, 0.1) is 18.8 Å². The number of hydrogen-bond donors (Lipinski definition) is 0. The van der Waals surface area contributed by atoms with Gasteiger partial charge in [0.1, 0.15) is 12.0 Å². The number of aryl methyl sites for hydroxylation is 1. The third-order valence-electron chi connectivity index (χ3n) is 3.81. The van der Waals surface area contributed by atoms with Gasteiger partial charge in [-0.1, -0.05) is 13.3 Å². The van der Waals surface area contributed by atoms with Gasteiger partial charge in [-0.05, 0) is 44.6 Å². The van der Waals surface area contributed by atoms with Gasteiger partial charge < -0.3 is 4.42 Å². The van der Waals surface area contributed by atoms with Crippen molar-refractivity contribution < 1.29 is 9.21 Å². The van der Waals surface area contributed by atoms with Crippen molar-refractivity contribution in [1.29, 1.82) is 0 Å². The first-order valence-corrected chi connectivity index (χ1v) is 6.30. The van der Waals surface area contributed by atoms with Crippen LogP contribution in [-0.4, -0.2) is 5.78 Å². The highest BCUT2D eigenvalue weighted by Crippen LogP contribution is 2.32. The zero-order valence-electron chi connectivity index (χ0n) is 10.2. The molecule has 16 heavy (non-hydrogen) atoms. The Morgan fingerprint density at radius 1 is 1.38 bits per heavy atom. The molecule has 1 aromatic heterocycles. The van der Waals surface area contributed by atoms with Crippen LogP contribution in [-0.2, 0) is 0 Å². The van der Waals surface area contributed by atoms with Crippen molar-refractivity contribution in [3.8, 4) is 0 Å². The van der Waals surface area contributed by atoms with Crippen LogP contribution in [0.15, 0.2) is 16.7 Å². The molecule has 0 N–H and O–H groups in total. The van der Waals surface area contributed by atoms with Gasteiger partial charge in [-0.3, -0.25) is 4.79 Å². The fourth-order valence-corrected chi connectivity index (χ4v) is 2.64. The van der Waals surface area contributed by atoms with Gasteiger partial charge in [-0.2, -0.15) is 0 Å². The molecule has 1 aliphatic rings. The summed E-state index contributed by atoms with van der Waals surface area (Å²) in [6, 6.07) is 1.86. The molecule has 0 spiro atoms. The topological polar surface area (TPSA) is 30.2 Å². The molecule has 1 heterocycles. The van der Waals surface area contributed by atoms with Crippen molar-refractivity contribution in [1.82, 2.24) is 0 Å². The van der Waals surface area contributed by atoms with Crippen molar-refractivity contribution >= 4 is 5.78 Å². The summed E-state index contributed by atoms with van der Waals surface area (Å²) >= 11 is 0. The molecule has 2 nitrogen and oxygen atoms in total. The third kappa shape index (κ3) is 2.37. The molecule has 0 bridgehead atoms. The highest BCUT2D eigenvalue weighted by Gasteiger charge is 2.26. The quantitative estimate of drug-likeness (QED) is 0.721. The van der Waals surface area contributed by atoms with Gasteiger partial charge in [0.15, 0.2) is 5.78 Å². The second-order valence-corrected chi connectivity index (χ2v) is 4.94. The Hall–Kier alpha value is -1.05. The van der Waals surface area contributed by atoms with E-state index in [0.717, 1.165) is 30.1 Å². The van der Waals surface area contributed by atoms with Gasteiger partial charge in [0, 0.05) is 5.92 Å². The maximum absolute atomic E-state index is 12.1. The van der Waals surface area contributed by atoms with E-state index in [0.29, 0.717) is 0 Å². The smallest absolute Gasteiger partial charge is 0.169 e. The molecule has 88 valence electrons. The highest BCUT2D eigenvalue weighted by atomic mass is 16.3. The fourth-order valence-electron chi connectivity index (χ4n) is 2.64. The van der Waals surface area contributed by atoms with Gasteiger partial charge in [0.2, 0.25) is 0 Å². The van der Waals surface area contributed by atoms with Crippen LogP contribution in [0.25, 0.3) is 0 Å². The summed E-state index contributed by atoms with van der Waals surface area (Å²) in [5.41, 5.74) is 0.762. The maximum Gasteiger partial charge on any atom is 0.169 e. The van der Waals surface area contributed by atoms with Crippen LogP contribution in [0.2, 0.25) is 0 Å². The zero-order valence-corrected chi connectivity index (χ0v) is 10.2. The first-order chi connectivity index (χ1) is 7.70. The summed E-state index contributed by atoms with van der Waals surface area (Å²) in [5, 5.41) is 0. The Kier molecular flexibility index (Phi) is 3.47. The van der Waals surface area contributed by atoms with Crippen LogP contribution in [0.3, 0.4) is 0 Å². The standard InChI is InChI=1S/C14H20O2/c1-3-11-4-6-12(7-5-11)14(15)13-8-10(2)16-9-13/h8-9,11-12H,3-7H2,1-2H3. The summed E-state index contributed by atoms with van der Waals surface area (Å²) in [6.07, 6.45) is 7.39. The number of rotatable bonds is 3.